The lowest BCUT2D eigenvalue weighted by Gasteiger charge is -2.37. The molecule has 0 amide bonds. The lowest BCUT2D eigenvalue weighted by molar-refractivity contribution is 0.0664. The van der Waals surface area contributed by atoms with Crippen molar-refractivity contribution in [1.82, 2.24) is 0 Å². The molecule has 7 rings (SSSR count). The Morgan fingerprint density at radius 3 is 2.34 bits per heavy atom. The number of carbonyl (C=O) groups excluding carboxylic acids is 3. The largest absolute Gasteiger partial charge is 0.497 e. The Morgan fingerprint density at radius 1 is 0.927 bits per heavy atom. The van der Waals surface area contributed by atoms with Gasteiger partial charge in [0.15, 0.2) is 17.3 Å². The molecule has 204 valence electrons. The normalized spacial score (nSPS) is 21.5. The number of ketones is 3. The average molecular weight is 582 g/mol. The van der Waals surface area contributed by atoms with Gasteiger partial charge in [-0.15, -0.1) is 11.3 Å². The van der Waals surface area contributed by atoms with Crippen LogP contribution in [0.2, 0.25) is 5.02 Å². The summed E-state index contributed by atoms with van der Waals surface area (Å²) in [6.07, 6.45) is 3.77. The molecule has 0 unspecified atom stereocenters. The number of halogens is 1. The molecule has 3 aliphatic rings. The van der Waals surface area contributed by atoms with Gasteiger partial charge in [-0.05, 0) is 53.4 Å². The standard InChI is InChI=1S/C33H24ClNO5S/c1-39-20-11-13-25(40-2)23(17-20)28-29(30(36)26-8-5-15-41-26)35-24-12-10-19(34)16-18(24)9-14-27(35)33(28)31(37)21-6-3-4-7-22(21)32(33)38/h3-17,27-29H,1-2H3/t27-,28+,29+/m1/s1. The second kappa shape index (κ2) is 9.43. The summed E-state index contributed by atoms with van der Waals surface area (Å²) < 4.78 is 11.4. The van der Waals surface area contributed by atoms with E-state index in [1.54, 1.807) is 68.8 Å². The Kier molecular flexibility index (Phi) is 5.92. The quantitative estimate of drug-likeness (QED) is 0.192. The van der Waals surface area contributed by atoms with Crippen molar-refractivity contribution in [2.24, 2.45) is 5.41 Å². The summed E-state index contributed by atoms with van der Waals surface area (Å²) in [5.41, 5.74) is 1.20. The van der Waals surface area contributed by atoms with Gasteiger partial charge in [0.25, 0.3) is 0 Å². The molecule has 0 bridgehead atoms. The molecular weight excluding hydrogens is 558 g/mol. The molecule has 6 nitrogen and oxygen atoms in total. The number of nitrogens with zero attached hydrogens (tertiary/aromatic N) is 1. The third-order valence-corrected chi connectivity index (χ3v) is 9.69. The summed E-state index contributed by atoms with van der Waals surface area (Å²) in [5, 5.41) is 2.40. The van der Waals surface area contributed by atoms with Crippen LogP contribution in [0.15, 0.2) is 84.3 Å². The van der Waals surface area contributed by atoms with Crippen molar-refractivity contribution in [2.45, 2.75) is 18.0 Å². The minimum atomic E-state index is -1.63. The van der Waals surface area contributed by atoms with Crippen molar-refractivity contribution < 1.29 is 23.9 Å². The van der Waals surface area contributed by atoms with E-state index in [0.29, 0.717) is 38.1 Å². The van der Waals surface area contributed by atoms with Crippen LogP contribution in [0.4, 0.5) is 5.69 Å². The fraction of sp³-hybridized carbons (Fsp3) is 0.182. The number of fused-ring (bicyclic) bond motifs is 5. The molecule has 1 fully saturated rings. The van der Waals surface area contributed by atoms with E-state index in [0.717, 1.165) is 11.3 Å². The lowest BCUT2D eigenvalue weighted by Crippen LogP contribution is -2.48. The number of rotatable bonds is 5. The predicted molar refractivity (Wildman–Crippen MR) is 159 cm³/mol. The van der Waals surface area contributed by atoms with E-state index >= 15 is 0 Å². The average Bonchev–Trinajstić information content (AvgIpc) is 3.70. The zero-order chi connectivity index (χ0) is 28.5. The number of methoxy groups -OCH3 is 2. The predicted octanol–water partition coefficient (Wildman–Crippen LogP) is 6.74. The van der Waals surface area contributed by atoms with Gasteiger partial charge in [-0.25, -0.2) is 0 Å². The molecule has 0 radical (unpaired) electrons. The fourth-order valence-corrected chi connectivity index (χ4v) is 7.82. The second-order valence-corrected chi connectivity index (χ2v) is 11.7. The van der Waals surface area contributed by atoms with Crippen LogP contribution in [0, 0.1) is 5.41 Å². The number of Topliss-reactive ketones (excluding diaryl/α,β-unsaturated/α-hetero) is 3. The van der Waals surface area contributed by atoms with E-state index in [1.807, 2.05) is 40.6 Å². The zero-order valence-corrected chi connectivity index (χ0v) is 23.7. The number of thiophene rings is 1. The maximum atomic E-state index is 14.8. The molecule has 1 aliphatic carbocycles. The first-order valence-corrected chi connectivity index (χ1v) is 14.4. The summed E-state index contributed by atoms with van der Waals surface area (Å²) in [4.78, 5) is 46.6. The van der Waals surface area contributed by atoms with Crippen LogP contribution < -0.4 is 14.4 Å². The van der Waals surface area contributed by atoms with Crippen LogP contribution in [0.3, 0.4) is 0 Å². The highest BCUT2D eigenvalue weighted by Crippen LogP contribution is 2.62. The van der Waals surface area contributed by atoms with Crippen LogP contribution in [0.1, 0.15) is 47.4 Å². The molecule has 1 spiro atoms. The first-order chi connectivity index (χ1) is 19.9. The van der Waals surface area contributed by atoms with Gasteiger partial charge in [0, 0.05) is 33.3 Å². The summed E-state index contributed by atoms with van der Waals surface area (Å²) in [6, 6.07) is 19.6. The third-order valence-electron chi connectivity index (χ3n) is 8.57. The van der Waals surface area contributed by atoms with E-state index in [9.17, 15) is 14.4 Å². The zero-order valence-electron chi connectivity index (χ0n) is 22.2. The van der Waals surface area contributed by atoms with Crippen molar-refractivity contribution in [3.8, 4) is 11.5 Å². The van der Waals surface area contributed by atoms with Crippen molar-refractivity contribution in [3.05, 3.63) is 116 Å². The highest BCUT2D eigenvalue weighted by Gasteiger charge is 2.72. The monoisotopic (exact) mass is 581 g/mol. The van der Waals surface area contributed by atoms with Gasteiger partial charge in [-0.2, -0.15) is 0 Å². The Hall–Kier alpha value is -4.20. The molecule has 3 heterocycles. The minimum absolute atomic E-state index is 0.176. The topological polar surface area (TPSA) is 72.9 Å². The van der Waals surface area contributed by atoms with Gasteiger partial charge in [0.1, 0.15) is 23.0 Å². The van der Waals surface area contributed by atoms with Gasteiger partial charge in [-0.3, -0.25) is 14.4 Å². The van der Waals surface area contributed by atoms with Crippen molar-refractivity contribution in [2.75, 3.05) is 19.1 Å². The summed E-state index contributed by atoms with van der Waals surface area (Å²) >= 11 is 7.70. The van der Waals surface area contributed by atoms with Crippen molar-refractivity contribution in [1.29, 1.82) is 0 Å². The van der Waals surface area contributed by atoms with Crippen LogP contribution in [-0.2, 0) is 0 Å². The summed E-state index contributed by atoms with van der Waals surface area (Å²) in [6.45, 7) is 0. The second-order valence-electron chi connectivity index (χ2n) is 10.4. The number of ether oxygens (including phenoxy) is 2. The van der Waals surface area contributed by atoms with Gasteiger partial charge in [0.2, 0.25) is 0 Å². The van der Waals surface area contributed by atoms with Crippen molar-refractivity contribution in [3.63, 3.8) is 0 Å². The maximum absolute atomic E-state index is 14.8. The highest BCUT2D eigenvalue weighted by molar-refractivity contribution is 7.12. The molecule has 3 atom stereocenters. The van der Waals surface area contributed by atoms with Crippen LogP contribution in [0.5, 0.6) is 11.5 Å². The molecule has 1 saturated heterocycles. The van der Waals surface area contributed by atoms with Crippen LogP contribution in [-0.4, -0.2) is 43.7 Å². The van der Waals surface area contributed by atoms with Crippen LogP contribution >= 0.6 is 22.9 Å². The fourth-order valence-electron chi connectivity index (χ4n) is 6.94. The Labute approximate surface area is 245 Å². The SMILES string of the molecule is COc1ccc(OC)c([C@H]2[C@@H](C(=O)c3cccs3)N3c4ccc(Cl)cc4C=C[C@@H]3C23C(=O)c2ccccc2C3=O)c1. The molecule has 0 N–H and O–H groups in total. The van der Waals surface area contributed by atoms with Gasteiger partial charge in [0.05, 0.1) is 25.1 Å². The maximum Gasteiger partial charge on any atom is 0.195 e. The van der Waals surface area contributed by atoms with E-state index in [2.05, 4.69) is 0 Å². The van der Waals surface area contributed by atoms with Gasteiger partial charge < -0.3 is 14.4 Å². The first-order valence-electron chi connectivity index (χ1n) is 13.2. The lowest BCUT2D eigenvalue weighted by atomic mass is 9.64. The number of hydrogen-bond donors (Lipinski definition) is 0. The van der Waals surface area contributed by atoms with E-state index in [1.165, 1.54) is 11.3 Å². The Bertz CT molecular complexity index is 1740. The molecule has 4 aromatic rings. The molecule has 0 saturated carbocycles. The Balaban J connectivity index is 1.59. The molecule has 8 heteroatoms. The number of anilines is 1. The highest BCUT2D eigenvalue weighted by atomic mass is 35.5. The minimum Gasteiger partial charge on any atom is -0.497 e. The molecule has 3 aromatic carbocycles. The Morgan fingerprint density at radius 2 is 1.68 bits per heavy atom. The van der Waals surface area contributed by atoms with Crippen molar-refractivity contribution >= 4 is 52.1 Å². The molecule has 41 heavy (non-hydrogen) atoms. The number of hydrogen-bond acceptors (Lipinski definition) is 7. The van der Waals surface area contributed by atoms with E-state index < -0.39 is 23.4 Å². The third kappa shape index (κ3) is 3.46. The van der Waals surface area contributed by atoms with Crippen LogP contribution in [0.25, 0.3) is 6.08 Å². The summed E-state index contributed by atoms with van der Waals surface area (Å²) in [7, 11) is 3.10. The van der Waals surface area contributed by atoms with Gasteiger partial charge >= 0.3 is 0 Å². The first kappa shape index (κ1) is 25.7. The van der Waals surface area contributed by atoms with Gasteiger partial charge in [-0.1, -0.05) is 54.1 Å². The number of benzene rings is 3. The van der Waals surface area contributed by atoms with E-state index in [4.69, 9.17) is 21.1 Å². The molecule has 2 aliphatic heterocycles. The summed E-state index contributed by atoms with van der Waals surface area (Å²) in [5.74, 6) is -0.675. The number of carbonyl (C=O) groups is 3. The molecule has 1 aromatic heterocycles. The van der Waals surface area contributed by atoms with E-state index in [-0.39, 0.29) is 17.3 Å². The smallest absolute Gasteiger partial charge is 0.195 e. The molecular formula is C33H24ClNO5S.